The summed E-state index contributed by atoms with van der Waals surface area (Å²) in [5.74, 6) is -7.25. The SMILES string of the molecule is CCCCCCCCCCCCCCCCNc1ccc(C(=O)C(C(=O)[O-])C(=O)[O-])cc1. The highest BCUT2D eigenvalue weighted by Crippen LogP contribution is 2.15. The maximum atomic E-state index is 12.0. The molecule has 0 saturated heterocycles. The molecule has 0 aromatic heterocycles. The fourth-order valence-corrected chi connectivity index (χ4v) is 3.78. The second-order valence-electron chi connectivity index (χ2n) is 8.54. The summed E-state index contributed by atoms with van der Waals surface area (Å²) in [7, 11) is 0. The van der Waals surface area contributed by atoms with Crippen LogP contribution in [0, 0.1) is 5.92 Å². The predicted molar refractivity (Wildman–Crippen MR) is 123 cm³/mol. The van der Waals surface area contributed by atoms with Crippen LogP contribution in [-0.2, 0) is 9.59 Å². The number of hydrogen-bond donors (Lipinski definition) is 1. The number of carboxylic acids is 2. The Bertz CT molecular complexity index is 657. The summed E-state index contributed by atoms with van der Waals surface area (Å²) in [6, 6.07) is 6.10. The van der Waals surface area contributed by atoms with Crippen LogP contribution in [0.1, 0.15) is 107 Å². The maximum absolute atomic E-state index is 12.0. The zero-order chi connectivity index (χ0) is 23.6. The van der Waals surface area contributed by atoms with Gasteiger partial charge in [-0.05, 0) is 30.7 Å². The van der Waals surface area contributed by atoms with Gasteiger partial charge in [-0.2, -0.15) is 0 Å². The first-order chi connectivity index (χ1) is 15.5. The number of ketones is 1. The summed E-state index contributed by atoms with van der Waals surface area (Å²) in [6.45, 7) is 3.07. The van der Waals surface area contributed by atoms with Gasteiger partial charge in [0.25, 0.3) is 0 Å². The number of carboxylic acid groups (broad SMARTS) is 2. The fraction of sp³-hybridized carbons (Fsp3) is 0.654. The van der Waals surface area contributed by atoms with E-state index in [0.717, 1.165) is 18.7 Å². The van der Waals surface area contributed by atoms with E-state index in [9.17, 15) is 24.6 Å². The molecule has 32 heavy (non-hydrogen) atoms. The van der Waals surface area contributed by atoms with Crippen LogP contribution in [0.5, 0.6) is 0 Å². The zero-order valence-electron chi connectivity index (χ0n) is 19.5. The van der Waals surface area contributed by atoms with Crippen molar-refractivity contribution in [3.8, 4) is 0 Å². The molecule has 0 fully saturated rings. The van der Waals surface area contributed by atoms with Crippen LogP contribution < -0.4 is 15.5 Å². The molecule has 180 valence electrons. The molecule has 6 heteroatoms. The molecule has 0 atom stereocenters. The second kappa shape index (κ2) is 17.2. The van der Waals surface area contributed by atoms with E-state index in [1.54, 1.807) is 12.1 Å². The number of rotatable bonds is 20. The monoisotopic (exact) mass is 445 g/mol. The van der Waals surface area contributed by atoms with E-state index in [-0.39, 0.29) is 5.56 Å². The van der Waals surface area contributed by atoms with Crippen LogP contribution in [0.15, 0.2) is 24.3 Å². The average Bonchev–Trinajstić information content (AvgIpc) is 2.76. The molecule has 0 radical (unpaired) electrons. The standard InChI is InChI=1S/C26H41NO5/c1-2-3-4-5-6-7-8-9-10-11-12-13-14-15-20-27-22-18-16-21(17-19-22)24(28)23(25(29)30)26(31)32/h16-19,23,27H,2-15,20H2,1H3,(H,29,30)(H,31,32)/p-2. The van der Waals surface area contributed by atoms with Gasteiger partial charge in [-0.15, -0.1) is 0 Å². The van der Waals surface area contributed by atoms with E-state index in [1.807, 2.05) is 0 Å². The largest absolute Gasteiger partial charge is 0.549 e. The molecule has 0 aliphatic carbocycles. The van der Waals surface area contributed by atoms with Gasteiger partial charge in [0, 0.05) is 17.8 Å². The number of benzene rings is 1. The van der Waals surface area contributed by atoms with Crippen molar-refractivity contribution in [3.05, 3.63) is 29.8 Å². The number of aliphatic carboxylic acids is 2. The van der Waals surface area contributed by atoms with Gasteiger partial charge in [-0.1, -0.05) is 90.4 Å². The van der Waals surface area contributed by atoms with Crippen molar-refractivity contribution in [3.63, 3.8) is 0 Å². The molecule has 0 amide bonds. The third-order valence-corrected chi connectivity index (χ3v) is 5.76. The molecular weight excluding hydrogens is 406 g/mol. The molecule has 0 aliphatic rings. The molecule has 0 aliphatic heterocycles. The summed E-state index contributed by atoms with van der Waals surface area (Å²) in [6.07, 6.45) is 18.4. The number of unbranched alkanes of at least 4 members (excludes halogenated alkanes) is 13. The Balaban J connectivity index is 2.06. The molecular formula is C26H39NO5-2. The number of Topliss-reactive ketones (excluding diaryl/α,β-unsaturated/α-hetero) is 1. The first-order valence-corrected chi connectivity index (χ1v) is 12.3. The Hall–Kier alpha value is -2.37. The van der Waals surface area contributed by atoms with Gasteiger partial charge in [-0.25, -0.2) is 0 Å². The van der Waals surface area contributed by atoms with Crippen molar-refractivity contribution < 1.29 is 24.6 Å². The highest BCUT2D eigenvalue weighted by atomic mass is 16.4. The minimum absolute atomic E-state index is 0.00504. The average molecular weight is 446 g/mol. The van der Waals surface area contributed by atoms with Gasteiger partial charge in [0.05, 0.1) is 11.9 Å². The third-order valence-electron chi connectivity index (χ3n) is 5.76. The number of carbonyl (C=O) groups is 3. The number of anilines is 1. The summed E-state index contributed by atoms with van der Waals surface area (Å²) in [4.78, 5) is 33.6. The van der Waals surface area contributed by atoms with Gasteiger partial charge in [0.15, 0.2) is 5.78 Å². The minimum Gasteiger partial charge on any atom is -0.549 e. The van der Waals surface area contributed by atoms with Gasteiger partial charge in [-0.3, -0.25) is 4.79 Å². The van der Waals surface area contributed by atoms with Gasteiger partial charge < -0.3 is 25.1 Å². The van der Waals surface area contributed by atoms with Crippen molar-refractivity contribution >= 4 is 23.4 Å². The number of nitrogens with one attached hydrogen (secondary N) is 1. The van der Waals surface area contributed by atoms with Crippen molar-refractivity contribution in [1.29, 1.82) is 0 Å². The van der Waals surface area contributed by atoms with E-state index < -0.39 is 23.6 Å². The molecule has 1 N–H and O–H groups in total. The lowest BCUT2D eigenvalue weighted by atomic mass is 9.97. The Morgan fingerprint density at radius 3 is 1.50 bits per heavy atom. The predicted octanol–water partition coefficient (Wildman–Crippen LogP) is 3.88. The van der Waals surface area contributed by atoms with Crippen molar-refractivity contribution in [1.82, 2.24) is 0 Å². The number of hydrogen-bond acceptors (Lipinski definition) is 6. The quantitative estimate of drug-likeness (QED) is 0.185. The van der Waals surface area contributed by atoms with Crippen LogP contribution in [-0.4, -0.2) is 24.3 Å². The Morgan fingerprint density at radius 1 is 0.688 bits per heavy atom. The second-order valence-corrected chi connectivity index (χ2v) is 8.54. The van der Waals surface area contributed by atoms with Crippen LogP contribution in [0.25, 0.3) is 0 Å². The van der Waals surface area contributed by atoms with Crippen LogP contribution in [0.2, 0.25) is 0 Å². The van der Waals surface area contributed by atoms with E-state index in [4.69, 9.17) is 0 Å². The zero-order valence-corrected chi connectivity index (χ0v) is 19.5. The highest BCUT2D eigenvalue weighted by molar-refractivity contribution is 6.19. The van der Waals surface area contributed by atoms with Crippen LogP contribution in [0.4, 0.5) is 5.69 Å². The van der Waals surface area contributed by atoms with Crippen molar-refractivity contribution in [2.75, 3.05) is 11.9 Å². The minimum atomic E-state index is -2.29. The Labute approximate surface area is 192 Å². The molecule has 0 unspecified atom stereocenters. The molecule has 0 saturated carbocycles. The maximum Gasteiger partial charge on any atom is 0.177 e. The molecule has 0 bridgehead atoms. The molecule has 0 heterocycles. The topological polar surface area (TPSA) is 109 Å². The number of carbonyl (C=O) groups excluding carboxylic acids is 3. The van der Waals surface area contributed by atoms with E-state index in [1.165, 1.54) is 95.6 Å². The van der Waals surface area contributed by atoms with E-state index in [2.05, 4.69) is 12.2 Å². The highest BCUT2D eigenvalue weighted by Gasteiger charge is 2.22. The lowest BCUT2D eigenvalue weighted by molar-refractivity contribution is -0.328. The molecule has 0 spiro atoms. The molecule has 1 rings (SSSR count). The summed E-state index contributed by atoms with van der Waals surface area (Å²) in [5.41, 5.74) is 0.806. The fourth-order valence-electron chi connectivity index (χ4n) is 3.78. The van der Waals surface area contributed by atoms with Crippen molar-refractivity contribution in [2.45, 2.75) is 96.8 Å². The van der Waals surface area contributed by atoms with Gasteiger partial charge in [0.2, 0.25) is 0 Å². The summed E-state index contributed by atoms with van der Waals surface area (Å²) in [5, 5.41) is 24.9. The lowest BCUT2D eigenvalue weighted by Gasteiger charge is -2.17. The normalized spacial score (nSPS) is 10.9. The Morgan fingerprint density at radius 2 is 1.09 bits per heavy atom. The van der Waals surface area contributed by atoms with Crippen LogP contribution >= 0.6 is 0 Å². The van der Waals surface area contributed by atoms with Gasteiger partial charge in [0.1, 0.15) is 5.92 Å². The van der Waals surface area contributed by atoms with Crippen LogP contribution in [0.3, 0.4) is 0 Å². The first-order valence-electron chi connectivity index (χ1n) is 12.3. The Kier molecular flexibility index (Phi) is 14.9. The van der Waals surface area contributed by atoms with E-state index >= 15 is 0 Å². The molecule has 6 nitrogen and oxygen atoms in total. The summed E-state index contributed by atoms with van der Waals surface area (Å²) < 4.78 is 0. The smallest absolute Gasteiger partial charge is 0.177 e. The molecule has 1 aromatic carbocycles. The van der Waals surface area contributed by atoms with Crippen molar-refractivity contribution in [2.24, 2.45) is 5.92 Å². The summed E-state index contributed by atoms with van der Waals surface area (Å²) >= 11 is 0. The lowest BCUT2D eigenvalue weighted by Crippen LogP contribution is -2.47. The van der Waals surface area contributed by atoms with E-state index in [0.29, 0.717) is 0 Å². The first kappa shape index (κ1) is 27.7. The molecule has 1 aromatic rings. The third kappa shape index (κ3) is 11.9. The van der Waals surface area contributed by atoms with Gasteiger partial charge >= 0.3 is 0 Å².